The Morgan fingerprint density at radius 3 is 2.47 bits per heavy atom. The van der Waals surface area contributed by atoms with Crippen LogP contribution in [-0.4, -0.2) is 47.7 Å². The van der Waals surface area contributed by atoms with Crippen molar-refractivity contribution >= 4 is 0 Å². The Hall–Kier alpha value is -0.160. The molecule has 0 saturated carbocycles. The van der Waals surface area contributed by atoms with Crippen molar-refractivity contribution in [2.24, 2.45) is 0 Å². The second-order valence-corrected chi connectivity index (χ2v) is 6.63. The summed E-state index contributed by atoms with van der Waals surface area (Å²) >= 11 is 0. The molecule has 0 amide bonds. The van der Waals surface area contributed by atoms with Gasteiger partial charge in [0.2, 0.25) is 0 Å². The van der Waals surface area contributed by atoms with Crippen LogP contribution in [-0.2, 0) is 9.47 Å². The van der Waals surface area contributed by atoms with Crippen molar-refractivity contribution < 1.29 is 14.6 Å². The van der Waals surface area contributed by atoms with E-state index in [4.69, 9.17) is 9.47 Å². The lowest BCUT2D eigenvalue weighted by molar-refractivity contribution is -0.0713. The Labute approximate surface area is 104 Å². The van der Waals surface area contributed by atoms with Crippen molar-refractivity contribution in [1.29, 1.82) is 0 Å². The van der Waals surface area contributed by atoms with Gasteiger partial charge >= 0.3 is 0 Å². The molecule has 4 heteroatoms. The standard InChI is InChI=1S/C13H25NO3/c1-11(2)7-10(12(3,4)17-11)14-8-13(15)5-6-16-9-13/h10,14-15H,5-9H2,1-4H3/t10-,13-/m1/s1. The van der Waals surface area contributed by atoms with Gasteiger partial charge in [0.05, 0.1) is 17.8 Å². The van der Waals surface area contributed by atoms with Gasteiger partial charge in [-0.05, 0) is 34.1 Å². The molecule has 2 saturated heterocycles. The van der Waals surface area contributed by atoms with Crippen LogP contribution in [0.3, 0.4) is 0 Å². The van der Waals surface area contributed by atoms with Gasteiger partial charge in [0.25, 0.3) is 0 Å². The molecule has 2 rings (SSSR count). The molecule has 2 aliphatic rings. The monoisotopic (exact) mass is 243 g/mol. The van der Waals surface area contributed by atoms with E-state index in [0.29, 0.717) is 19.8 Å². The second kappa shape index (κ2) is 4.19. The zero-order valence-electron chi connectivity index (χ0n) is 11.4. The largest absolute Gasteiger partial charge is 0.386 e. The maximum Gasteiger partial charge on any atom is 0.103 e. The predicted molar refractivity (Wildman–Crippen MR) is 66.0 cm³/mol. The normalized spacial score (nSPS) is 39.7. The summed E-state index contributed by atoms with van der Waals surface area (Å²) in [6.45, 7) is 10.1. The Morgan fingerprint density at radius 1 is 1.29 bits per heavy atom. The molecule has 17 heavy (non-hydrogen) atoms. The SMILES string of the molecule is CC1(C)C[C@@H](NC[C@]2(O)CCOC2)C(C)(C)O1. The fourth-order valence-electron chi connectivity index (χ4n) is 2.93. The molecule has 2 atom stereocenters. The smallest absolute Gasteiger partial charge is 0.103 e. The molecule has 0 radical (unpaired) electrons. The molecule has 0 aromatic heterocycles. The maximum absolute atomic E-state index is 10.2. The van der Waals surface area contributed by atoms with E-state index in [2.05, 4.69) is 33.0 Å². The number of ether oxygens (including phenoxy) is 2. The molecule has 100 valence electrons. The molecule has 0 aliphatic carbocycles. The summed E-state index contributed by atoms with van der Waals surface area (Å²) in [5.41, 5.74) is -0.960. The zero-order valence-corrected chi connectivity index (χ0v) is 11.4. The van der Waals surface area contributed by atoms with E-state index in [1.807, 2.05) is 0 Å². The molecule has 0 aromatic carbocycles. The number of hydrogen-bond acceptors (Lipinski definition) is 4. The van der Waals surface area contributed by atoms with Gasteiger partial charge in [-0.15, -0.1) is 0 Å². The molecule has 2 heterocycles. The first kappa shape index (κ1) is 13.3. The fourth-order valence-corrected chi connectivity index (χ4v) is 2.93. The fraction of sp³-hybridized carbons (Fsp3) is 1.00. The van der Waals surface area contributed by atoms with E-state index in [-0.39, 0.29) is 17.2 Å². The minimum atomic E-state index is -0.692. The highest BCUT2D eigenvalue weighted by atomic mass is 16.5. The van der Waals surface area contributed by atoms with Crippen LogP contribution in [0.25, 0.3) is 0 Å². The van der Waals surface area contributed by atoms with Crippen molar-refractivity contribution in [1.82, 2.24) is 5.32 Å². The Bertz CT molecular complexity index is 282. The van der Waals surface area contributed by atoms with E-state index in [1.54, 1.807) is 0 Å². The van der Waals surface area contributed by atoms with Gasteiger partial charge in [-0.25, -0.2) is 0 Å². The molecule has 4 nitrogen and oxygen atoms in total. The molecule has 2 fully saturated rings. The maximum atomic E-state index is 10.2. The van der Waals surface area contributed by atoms with Crippen molar-refractivity contribution in [3.05, 3.63) is 0 Å². The van der Waals surface area contributed by atoms with Crippen LogP contribution in [0, 0.1) is 0 Å². The first-order valence-electron chi connectivity index (χ1n) is 6.46. The summed E-state index contributed by atoms with van der Waals surface area (Å²) < 4.78 is 11.3. The van der Waals surface area contributed by atoms with Crippen LogP contribution in [0.1, 0.15) is 40.5 Å². The zero-order chi connectivity index (χ0) is 12.7. The first-order valence-corrected chi connectivity index (χ1v) is 6.46. The molecule has 0 spiro atoms. The van der Waals surface area contributed by atoms with Gasteiger partial charge in [-0.1, -0.05) is 0 Å². The molecule has 0 aromatic rings. The topological polar surface area (TPSA) is 50.7 Å². The van der Waals surface area contributed by atoms with Gasteiger partial charge in [0.1, 0.15) is 5.60 Å². The van der Waals surface area contributed by atoms with E-state index < -0.39 is 5.60 Å². The van der Waals surface area contributed by atoms with E-state index >= 15 is 0 Å². The highest BCUT2D eigenvalue weighted by molar-refractivity contribution is 5.00. The molecule has 2 aliphatic heterocycles. The van der Waals surface area contributed by atoms with Crippen LogP contribution >= 0.6 is 0 Å². The third-order valence-corrected chi connectivity index (χ3v) is 3.83. The molecule has 2 N–H and O–H groups in total. The van der Waals surface area contributed by atoms with E-state index in [1.165, 1.54) is 0 Å². The van der Waals surface area contributed by atoms with E-state index in [0.717, 1.165) is 12.8 Å². The van der Waals surface area contributed by atoms with Gasteiger partial charge in [-0.2, -0.15) is 0 Å². The molecular weight excluding hydrogens is 218 g/mol. The highest BCUT2D eigenvalue weighted by Crippen LogP contribution is 2.37. The molecule has 0 bridgehead atoms. The summed E-state index contributed by atoms with van der Waals surface area (Å²) in [6.07, 6.45) is 1.69. The third-order valence-electron chi connectivity index (χ3n) is 3.83. The number of nitrogens with one attached hydrogen (secondary N) is 1. The Kier molecular flexibility index (Phi) is 3.28. The van der Waals surface area contributed by atoms with Crippen molar-refractivity contribution in [2.45, 2.75) is 63.4 Å². The summed E-state index contributed by atoms with van der Waals surface area (Å²) in [5, 5.41) is 13.7. The average molecular weight is 243 g/mol. The Morgan fingerprint density at radius 2 is 2.00 bits per heavy atom. The first-order chi connectivity index (χ1) is 7.73. The second-order valence-electron chi connectivity index (χ2n) is 6.63. The minimum Gasteiger partial charge on any atom is -0.386 e. The summed E-state index contributed by atoms with van der Waals surface area (Å²) in [6, 6.07) is 0.280. The lowest BCUT2D eigenvalue weighted by atomic mass is 9.93. The average Bonchev–Trinajstić information content (AvgIpc) is 2.65. The van der Waals surface area contributed by atoms with Crippen LogP contribution in [0.15, 0.2) is 0 Å². The number of hydrogen-bond donors (Lipinski definition) is 2. The van der Waals surface area contributed by atoms with Crippen LogP contribution < -0.4 is 5.32 Å². The quantitative estimate of drug-likeness (QED) is 0.778. The van der Waals surface area contributed by atoms with Gasteiger partial charge in [0.15, 0.2) is 0 Å². The lowest BCUT2D eigenvalue weighted by Gasteiger charge is -2.30. The highest BCUT2D eigenvalue weighted by Gasteiger charge is 2.46. The predicted octanol–water partition coefficient (Wildman–Crippen LogP) is 1.07. The molecular formula is C13H25NO3. The van der Waals surface area contributed by atoms with Crippen LogP contribution in [0.4, 0.5) is 0 Å². The lowest BCUT2D eigenvalue weighted by Crippen LogP contribution is -2.50. The van der Waals surface area contributed by atoms with Gasteiger partial charge in [0, 0.05) is 25.6 Å². The van der Waals surface area contributed by atoms with Crippen molar-refractivity contribution in [3.63, 3.8) is 0 Å². The van der Waals surface area contributed by atoms with E-state index in [9.17, 15) is 5.11 Å². The van der Waals surface area contributed by atoms with Crippen LogP contribution in [0.2, 0.25) is 0 Å². The number of aliphatic hydroxyl groups is 1. The van der Waals surface area contributed by atoms with Gasteiger partial charge in [-0.3, -0.25) is 0 Å². The Balaban J connectivity index is 1.91. The number of rotatable bonds is 3. The van der Waals surface area contributed by atoms with Crippen molar-refractivity contribution in [2.75, 3.05) is 19.8 Å². The summed E-state index contributed by atoms with van der Waals surface area (Å²) in [4.78, 5) is 0. The third kappa shape index (κ3) is 2.99. The summed E-state index contributed by atoms with van der Waals surface area (Å²) in [7, 11) is 0. The van der Waals surface area contributed by atoms with Crippen LogP contribution in [0.5, 0.6) is 0 Å². The molecule has 0 unspecified atom stereocenters. The van der Waals surface area contributed by atoms with Gasteiger partial charge < -0.3 is 19.9 Å². The summed E-state index contributed by atoms with van der Waals surface area (Å²) in [5.74, 6) is 0. The minimum absolute atomic E-state index is 0.0873. The van der Waals surface area contributed by atoms with Crippen molar-refractivity contribution in [3.8, 4) is 0 Å².